The smallest absolute Gasteiger partial charge is 0.326 e. The Labute approximate surface area is 116 Å². The van der Waals surface area contributed by atoms with E-state index in [1.54, 1.807) is 4.57 Å². The van der Waals surface area contributed by atoms with E-state index in [-0.39, 0.29) is 5.69 Å². The maximum Gasteiger partial charge on any atom is 0.326 e. The molecule has 0 aliphatic heterocycles. The highest BCUT2D eigenvalue weighted by atomic mass is 16.1. The Kier molecular flexibility index (Phi) is 3.39. The fraction of sp³-hybridized carbons (Fsp3) is 0.188. The summed E-state index contributed by atoms with van der Waals surface area (Å²) in [4.78, 5) is 14.9. The third kappa shape index (κ3) is 2.38. The molecule has 0 fully saturated rings. The fourth-order valence-corrected chi connectivity index (χ4v) is 2.43. The van der Waals surface area contributed by atoms with Gasteiger partial charge < -0.3 is 10.7 Å². The third-order valence-corrected chi connectivity index (χ3v) is 3.54. The zero-order chi connectivity index (χ0) is 13.9. The molecule has 102 valence electrons. The Hall–Kier alpha value is -2.33. The third-order valence-electron chi connectivity index (χ3n) is 3.54. The summed E-state index contributed by atoms with van der Waals surface area (Å²) in [7, 11) is 0. The quantitative estimate of drug-likeness (QED) is 0.759. The summed E-state index contributed by atoms with van der Waals surface area (Å²) in [6.07, 6.45) is 0.834. The number of imidazole rings is 1. The molecule has 0 spiro atoms. The molecule has 4 heteroatoms. The van der Waals surface area contributed by atoms with Crippen molar-refractivity contribution in [1.29, 1.82) is 0 Å². The first-order chi connectivity index (χ1) is 9.78. The van der Waals surface area contributed by atoms with Crippen molar-refractivity contribution in [3.63, 3.8) is 0 Å². The SMILES string of the molecule is NCc1ccc2[nH]c(=O)n(CCc3ccccc3)c2c1. The van der Waals surface area contributed by atoms with E-state index in [4.69, 9.17) is 5.73 Å². The number of aromatic nitrogens is 2. The van der Waals surface area contributed by atoms with Gasteiger partial charge in [-0.15, -0.1) is 0 Å². The van der Waals surface area contributed by atoms with E-state index in [0.29, 0.717) is 13.1 Å². The van der Waals surface area contributed by atoms with Crippen molar-refractivity contribution in [2.75, 3.05) is 0 Å². The monoisotopic (exact) mass is 267 g/mol. The molecule has 0 bridgehead atoms. The van der Waals surface area contributed by atoms with Crippen molar-refractivity contribution in [2.24, 2.45) is 5.73 Å². The summed E-state index contributed by atoms with van der Waals surface area (Å²) in [5, 5.41) is 0. The van der Waals surface area contributed by atoms with Gasteiger partial charge in [0.05, 0.1) is 11.0 Å². The predicted octanol–water partition coefficient (Wildman–Crippen LogP) is 2.03. The summed E-state index contributed by atoms with van der Waals surface area (Å²) in [5.41, 5.74) is 9.64. The number of nitrogens with zero attached hydrogens (tertiary/aromatic N) is 1. The average Bonchev–Trinajstić information content (AvgIpc) is 2.80. The average molecular weight is 267 g/mol. The van der Waals surface area contributed by atoms with Crippen molar-refractivity contribution in [3.8, 4) is 0 Å². The Bertz CT molecular complexity index is 771. The van der Waals surface area contributed by atoms with E-state index in [1.165, 1.54) is 5.56 Å². The number of nitrogens with one attached hydrogen (secondary N) is 1. The minimum atomic E-state index is -0.0647. The second-order valence-electron chi connectivity index (χ2n) is 4.87. The van der Waals surface area contributed by atoms with Crippen molar-refractivity contribution in [3.05, 3.63) is 70.1 Å². The molecule has 0 radical (unpaired) electrons. The van der Waals surface area contributed by atoms with Gasteiger partial charge in [0.1, 0.15) is 0 Å². The molecule has 2 aromatic carbocycles. The van der Waals surface area contributed by atoms with Crippen LogP contribution in [0.2, 0.25) is 0 Å². The van der Waals surface area contributed by atoms with Crippen molar-refractivity contribution < 1.29 is 0 Å². The number of fused-ring (bicyclic) bond motifs is 1. The van der Waals surface area contributed by atoms with E-state index >= 15 is 0 Å². The Morgan fingerprint density at radius 3 is 2.60 bits per heavy atom. The molecular weight excluding hydrogens is 250 g/mol. The van der Waals surface area contributed by atoms with Gasteiger partial charge in [0.25, 0.3) is 0 Å². The fourth-order valence-electron chi connectivity index (χ4n) is 2.43. The molecule has 1 heterocycles. The van der Waals surface area contributed by atoms with Gasteiger partial charge >= 0.3 is 5.69 Å². The second kappa shape index (κ2) is 5.35. The van der Waals surface area contributed by atoms with Gasteiger partial charge in [-0.2, -0.15) is 0 Å². The first-order valence-corrected chi connectivity index (χ1v) is 6.73. The van der Waals surface area contributed by atoms with Crippen LogP contribution in [0.15, 0.2) is 53.3 Å². The van der Waals surface area contributed by atoms with Gasteiger partial charge in [-0.25, -0.2) is 4.79 Å². The first kappa shape index (κ1) is 12.7. The maximum atomic E-state index is 12.0. The summed E-state index contributed by atoms with van der Waals surface area (Å²) in [5.74, 6) is 0. The van der Waals surface area contributed by atoms with Crippen LogP contribution in [0.5, 0.6) is 0 Å². The lowest BCUT2D eigenvalue weighted by atomic mass is 10.1. The number of rotatable bonds is 4. The molecule has 20 heavy (non-hydrogen) atoms. The molecule has 0 amide bonds. The van der Waals surface area contributed by atoms with Crippen molar-refractivity contribution in [2.45, 2.75) is 19.5 Å². The highest BCUT2D eigenvalue weighted by Crippen LogP contribution is 2.13. The molecule has 0 unspecified atom stereocenters. The number of aromatic amines is 1. The topological polar surface area (TPSA) is 63.8 Å². The number of nitrogens with two attached hydrogens (primary N) is 1. The van der Waals surface area contributed by atoms with E-state index in [2.05, 4.69) is 17.1 Å². The van der Waals surface area contributed by atoms with E-state index < -0.39 is 0 Å². The zero-order valence-corrected chi connectivity index (χ0v) is 11.2. The molecule has 4 nitrogen and oxygen atoms in total. The zero-order valence-electron chi connectivity index (χ0n) is 11.2. The normalized spacial score (nSPS) is 11.1. The Morgan fingerprint density at radius 2 is 1.85 bits per heavy atom. The van der Waals surface area contributed by atoms with Crippen molar-refractivity contribution in [1.82, 2.24) is 9.55 Å². The van der Waals surface area contributed by atoms with Crippen LogP contribution < -0.4 is 11.4 Å². The highest BCUT2D eigenvalue weighted by Gasteiger charge is 2.07. The van der Waals surface area contributed by atoms with E-state index in [9.17, 15) is 4.79 Å². The van der Waals surface area contributed by atoms with Gasteiger partial charge in [-0.3, -0.25) is 4.57 Å². The number of benzene rings is 2. The van der Waals surface area contributed by atoms with Gasteiger partial charge in [0.15, 0.2) is 0 Å². The number of hydrogen-bond acceptors (Lipinski definition) is 2. The van der Waals surface area contributed by atoms with E-state index in [1.807, 2.05) is 36.4 Å². The molecule has 0 saturated carbocycles. The Balaban J connectivity index is 1.94. The summed E-state index contributed by atoms with van der Waals surface area (Å²) < 4.78 is 1.78. The molecule has 0 saturated heterocycles. The van der Waals surface area contributed by atoms with Crippen LogP contribution in [-0.2, 0) is 19.5 Å². The molecule has 1 aromatic heterocycles. The highest BCUT2D eigenvalue weighted by molar-refractivity contribution is 5.76. The number of hydrogen-bond donors (Lipinski definition) is 2. The summed E-state index contributed by atoms with van der Waals surface area (Å²) >= 11 is 0. The van der Waals surface area contributed by atoms with Gasteiger partial charge in [0.2, 0.25) is 0 Å². The summed E-state index contributed by atoms with van der Waals surface area (Å²) in [6.45, 7) is 1.14. The molecule has 3 rings (SSSR count). The molecule has 0 aliphatic carbocycles. The van der Waals surface area contributed by atoms with Crippen LogP contribution >= 0.6 is 0 Å². The van der Waals surface area contributed by atoms with Gasteiger partial charge in [0, 0.05) is 13.1 Å². The van der Waals surface area contributed by atoms with Crippen LogP contribution in [0.1, 0.15) is 11.1 Å². The van der Waals surface area contributed by atoms with Gasteiger partial charge in [-0.05, 0) is 29.7 Å². The molecule has 3 N–H and O–H groups in total. The largest absolute Gasteiger partial charge is 0.326 e. The van der Waals surface area contributed by atoms with Crippen LogP contribution in [0.4, 0.5) is 0 Å². The lowest BCUT2D eigenvalue weighted by molar-refractivity contribution is 0.691. The van der Waals surface area contributed by atoms with Crippen molar-refractivity contribution >= 4 is 11.0 Å². The molecule has 3 aromatic rings. The van der Waals surface area contributed by atoms with E-state index in [0.717, 1.165) is 23.0 Å². The molecule has 0 aliphatic rings. The van der Waals surface area contributed by atoms with Crippen LogP contribution in [0.3, 0.4) is 0 Å². The predicted molar refractivity (Wildman–Crippen MR) is 80.6 cm³/mol. The van der Waals surface area contributed by atoms with Crippen LogP contribution in [0.25, 0.3) is 11.0 Å². The lowest BCUT2D eigenvalue weighted by Crippen LogP contribution is -2.17. The molecular formula is C16H17N3O. The van der Waals surface area contributed by atoms with Crippen LogP contribution in [0, 0.1) is 0 Å². The lowest BCUT2D eigenvalue weighted by Gasteiger charge is -2.05. The first-order valence-electron chi connectivity index (χ1n) is 6.73. The minimum absolute atomic E-state index is 0.0647. The number of aryl methyl sites for hydroxylation is 2. The maximum absolute atomic E-state index is 12.0. The Morgan fingerprint density at radius 1 is 1.05 bits per heavy atom. The minimum Gasteiger partial charge on any atom is -0.326 e. The molecule has 0 atom stereocenters. The second-order valence-corrected chi connectivity index (χ2v) is 4.87. The summed E-state index contributed by atoms with van der Waals surface area (Å²) in [6, 6.07) is 16.0. The van der Waals surface area contributed by atoms with Crippen LogP contribution in [-0.4, -0.2) is 9.55 Å². The standard InChI is InChI=1S/C16H17N3O/c17-11-13-6-7-14-15(10-13)19(16(20)18-14)9-8-12-4-2-1-3-5-12/h1-7,10H,8-9,11,17H2,(H,18,20). The van der Waals surface area contributed by atoms with Gasteiger partial charge in [-0.1, -0.05) is 36.4 Å². The number of H-pyrrole nitrogens is 1.